The zero-order valence-corrected chi connectivity index (χ0v) is 18.5. The maximum atomic E-state index is 13.3. The number of hydrogen-bond acceptors (Lipinski definition) is 5. The highest BCUT2D eigenvalue weighted by molar-refractivity contribution is 5.90. The summed E-state index contributed by atoms with van der Waals surface area (Å²) >= 11 is 0. The normalized spacial score (nSPS) is 12.8. The Morgan fingerprint density at radius 2 is 1.93 bits per heavy atom. The van der Waals surface area contributed by atoms with Gasteiger partial charge < -0.3 is 19.8 Å². The third-order valence-electron chi connectivity index (χ3n) is 4.75. The second kappa shape index (κ2) is 9.44. The Bertz CT molecular complexity index is 925. The van der Waals surface area contributed by atoms with Crippen molar-refractivity contribution >= 4 is 16.6 Å². The Hall–Kier alpha value is -2.34. The van der Waals surface area contributed by atoms with Gasteiger partial charge in [-0.1, -0.05) is 34.1 Å². The number of carbonyl (C=O) groups excluding carboxylic acids is 1. The fourth-order valence-corrected chi connectivity index (χ4v) is 3.13. The molecule has 2 rings (SSSR count). The van der Waals surface area contributed by atoms with E-state index in [0.717, 1.165) is 12.8 Å². The molecule has 1 heterocycles. The van der Waals surface area contributed by atoms with E-state index in [0.29, 0.717) is 41.1 Å². The smallest absolute Gasteiger partial charge is 0.258 e. The number of nitrogens with zero attached hydrogens (tertiary/aromatic N) is 1. The number of ether oxygens (including phenoxy) is 2. The molecule has 0 spiro atoms. The summed E-state index contributed by atoms with van der Waals surface area (Å²) in [6.07, 6.45) is 1.34. The summed E-state index contributed by atoms with van der Waals surface area (Å²) in [6.45, 7) is 12.8. The lowest BCUT2D eigenvalue weighted by atomic mass is 9.96. The average molecular weight is 403 g/mol. The molecule has 6 nitrogen and oxygen atoms in total. The van der Waals surface area contributed by atoms with Crippen molar-refractivity contribution in [3.8, 4) is 11.5 Å². The Morgan fingerprint density at radius 3 is 2.48 bits per heavy atom. The predicted octanol–water partition coefficient (Wildman–Crippen LogP) is 4.04. The Morgan fingerprint density at radius 1 is 1.24 bits per heavy atom. The lowest BCUT2D eigenvalue weighted by Crippen LogP contribution is -2.31. The second-order valence-electron chi connectivity index (χ2n) is 8.71. The molecule has 0 radical (unpaired) electrons. The van der Waals surface area contributed by atoms with E-state index < -0.39 is 6.10 Å². The standard InChI is InChI=1S/C23H34N2O4/c1-7-8-11-28-21-19-12-17(29-16(3)15(2)26)9-10-18(19)22(27)25(20(21)13-24)14-23(4,5)6/h9-10,12,16H,7-8,11,13-14,24H2,1-6H3. The molecule has 0 amide bonds. The Labute approximate surface area is 173 Å². The van der Waals surface area contributed by atoms with Gasteiger partial charge in [-0.15, -0.1) is 0 Å². The molecule has 0 aliphatic heterocycles. The maximum absolute atomic E-state index is 13.3. The third kappa shape index (κ3) is 5.60. The number of Topliss-reactive ketones (excluding diaryl/α,β-unsaturated/α-hetero) is 1. The number of nitrogens with two attached hydrogens (primary N) is 1. The van der Waals surface area contributed by atoms with Gasteiger partial charge in [0.15, 0.2) is 11.9 Å². The molecule has 0 saturated heterocycles. The quantitative estimate of drug-likeness (QED) is 0.640. The van der Waals surface area contributed by atoms with E-state index in [2.05, 4.69) is 27.7 Å². The van der Waals surface area contributed by atoms with Crippen molar-refractivity contribution in [1.82, 2.24) is 4.57 Å². The summed E-state index contributed by atoms with van der Waals surface area (Å²) in [5, 5.41) is 1.23. The molecule has 1 aromatic carbocycles. The molecule has 0 bridgehead atoms. The summed E-state index contributed by atoms with van der Waals surface area (Å²) in [5.41, 5.74) is 6.57. The number of ketones is 1. The van der Waals surface area contributed by atoms with E-state index in [-0.39, 0.29) is 23.3 Å². The molecule has 1 aromatic heterocycles. The summed E-state index contributed by atoms with van der Waals surface area (Å²) in [5.74, 6) is 1.09. The van der Waals surface area contributed by atoms with Crippen LogP contribution >= 0.6 is 0 Å². The first-order chi connectivity index (χ1) is 13.6. The first-order valence-electron chi connectivity index (χ1n) is 10.3. The minimum Gasteiger partial charge on any atom is -0.491 e. The van der Waals surface area contributed by atoms with Crippen LogP contribution in [0.25, 0.3) is 10.8 Å². The SMILES string of the molecule is CCCCOc1c(CN)n(CC(C)(C)C)c(=O)c2ccc(OC(C)C(C)=O)cc12. The van der Waals surface area contributed by atoms with Crippen molar-refractivity contribution < 1.29 is 14.3 Å². The molecule has 160 valence electrons. The van der Waals surface area contributed by atoms with Gasteiger partial charge in [-0.25, -0.2) is 0 Å². The van der Waals surface area contributed by atoms with E-state index in [1.165, 1.54) is 6.92 Å². The highest BCUT2D eigenvalue weighted by Crippen LogP contribution is 2.32. The van der Waals surface area contributed by atoms with Crippen molar-refractivity contribution in [2.75, 3.05) is 6.61 Å². The minimum atomic E-state index is -0.563. The van der Waals surface area contributed by atoms with Crippen LogP contribution in [-0.4, -0.2) is 23.1 Å². The molecule has 2 N–H and O–H groups in total. The highest BCUT2D eigenvalue weighted by Gasteiger charge is 2.22. The van der Waals surface area contributed by atoms with E-state index >= 15 is 0 Å². The molecule has 29 heavy (non-hydrogen) atoms. The van der Waals surface area contributed by atoms with Gasteiger partial charge in [0.1, 0.15) is 11.5 Å². The number of benzene rings is 1. The monoisotopic (exact) mass is 402 g/mol. The van der Waals surface area contributed by atoms with Crippen LogP contribution in [0.4, 0.5) is 0 Å². The van der Waals surface area contributed by atoms with Crippen LogP contribution in [0.1, 0.15) is 60.1 Å². The summed E-state index contributed by atoms with van der Waals surface area (Å²) in [6, 6.07) is 5.24. The van der Waals surface area contributed by atoms with E-state index in [1.807, 2.05) is 0 Å². The van der Waals surface area contributed by atoms with Gasteiger partial charge >= 0.3 is 0 Å². The second-order valence-corrected chi connectivity index (χ2v) is 8.71. The van der Waals surface area contributed by atoms with Gasteiger partial charge in [0.05, 0.1) is 17.7 Å². The zero-order chi connectivity index (χ0) is 21.8. The number of unbranched alkanes of at least 4 members (excludes halogenated alkanes) is 1. The Kier molecular flexibility index (Phi) is 7.47. The lowest BCUT2D eigenvalue weighted by Gasteiger charge is -2.25. The summed E-state index contributed by atoms with van der Waals surface area (Å²) in [4.78, 5) is 24.8. The first-order valence-corrected chi connectivity index (χ1v) is 10.3. The van der Waals surface area contributed by atoms with Crippen LogP contribution in [-0.2, 0) is 17.9 Å². The van der Waals surface area contributed by atoms with E-state index in [9.17, 15) is 9.59 Å². The van der Waals surface area contributed by atoms with Crippen LogP contribution in [0.3, 0.4) is 0 Å². The number of rotatable bonds is 9. The molecular weight excluding hydrogens is 368 g/mol. The zero-order valence-electron chi connectivity index (χ0n) is 18.5. The minimum absolute atomic E-state index is 0.0623. The van der Waals surface area contributed by atoms with Gasteiger partial charge in [-0.05, 0) is 43.9 Å². The van der Waals surface area contributed by atoms with Gasteiger partial charge in [-0.3, -0.25) is 9.59 Å². The molecule has 6 heteroatoms. The molecule has 0 saturated carbocycles. The molecule has 0 aliphatic carbocycles. The van der Waals surface area contributed by atoms with Crippen LogP contribution in [0.5, 0.6) is 11.5 Å². The molecule has 1 atom stereocenters. The molecule has 0 aliphatic rings. The number of carbonyl (C=O) groups is 1. The molecule has 2 aromatic rings. The summed E-state index contributed by atoms with van der Waals surface area (Å²) < 4.78 is 13.6. The predicted molar refractivity (Wildman–Crippen MR) is 117 cm³/mol. The number of pyridine rings is 1. The number of fused-ring (bicyclic) bond motifs is 1. The van der Waals surface area contributed by atoms with Gasteiger partial charge in [0, 0.05) is 18.5 Å². The van der Waals surface area contributed by atoms with Crippen molar-refractivity contribution in [3.63, 3.8) is 0 Å². The van der Waals surface area contributed by atoms with Crippen LogP contribution < -0.4 is 20.8 Å². The maximum Gasteiger partial charge on any atom is 0.258 e. The number of hydrogen-bond donors (Lipinski definition) is 1. The molecule has 1 unspecified atom stereocenters. The van der Waals surface area contributed by atoms with Gasteiger partial charge in [-0.2, -0.15) is 0 Å². The van der Waals surface area contributed by atoms with Crippen molar-refractivity contribution in [3.05, 3.63) is 34.2 Å². The van der Waals surface area contributed by atoms with Crippen molar-refractivity contribution in [2.24, 2.45) is 11.1 Å². The fourth-order valence-electron chi connectivity index (χ4n) is 3.13. The van der Waals surface area contributed by atoms with Crippen LogP contribution in [0.2, 0.25) is 0 Å². The van der Waals surface area contributed by atoms with Gasteiger partial charge in [0.2, 0.25) is 0 Å². The van der Waals surface area contributed by atoms with Gasteiger partial charge in [0.25, 0.3) is 5.56 Å². The summed E-state index contributed by atoms with van der Waals surface area (Å²) in [7, 11) is 0. The lowest BCUT2D eigenvalue weighted by molar-refractivity contribution is -0.122. The Balaban J connectivity index is 2.70. The van der Waals surface area contributed by atoms with Crippen molar-refractivity contribution in [2.45, 2.75) is 73.6 Å². The van der Waals surface area contributed by atoms with E-state index in [1.54, 1.807) is 29.7 Å². The van der Waals surface area contributed by atoms with E-state index in [4.69, 9.17) is 15.2 Å². The first kappa shape index (κ1) is 22.9. The largest absolute Gasteiger partial charge is 0.491 e. The highest BCUT2D eigenvalue weighted by atomic mass is 16.5. The topological polar surface area (TPSA) is 83.6 Å². The van der Waals surface area contributed by atoms with Crippen LogP contribution in [0.15, 0.2) is 23.0 Å². The number of aromatic nitrogens is 1. The van der Waals surface area contributed by atoms with Crippen LogP contribution in [0, 0.1) is 5.41 Å². The average Bonchev–Trinajstić information content (AvgIpc) is 2.64. The van der Waals surface area contributed by atoms with Crippen molar-refractivity contribution in [1.29, 1.82) is 0 Å². The molecule has 0 fully saturated rings. The fraction of sp³-hybridized carbons (Fsp3) is 0.565. The third-order valence-corrected chi connectivity index (χ3v) is 4.75. The molecular formula is C23H34N2O4.